The van der Waals surface area contributed by atoms with Crippen LogP contribution in [0.25, 0.3) is 11.0 Å². The van der Waals surface area contributed by atoms with Crippen molar-refractivity contribution in [3.05, 3.63) is 81.7 Å². The van der Waals surface area contributed by atoms with Gasteiger partial charge in [0, 0.05) is 19.0 Å². The summed E-state index contributed by atoms with van der Waals surface area (Å²) in [5.74, 6) is 0.0713. The molecule has 3 aromatic rings. The molecule has 0 saturated heterocycles. The van der Waals surface area contributed by atoms with Gasteiger partial charge in [-0.2, -0.15) is 0 Å². The van der Waals surface area contributed by atoms with Crippen molar-refractivity contribution in [3.63, 3.8) is 0 Å². The number of ketones is 1. The van der Waals surface area contributed by atoms with Crippen LogP contribution < -0.4 is 10.7 Å². The molecule has 5 nitrogen and oxygen atoms in total. The largest absolute Gasteiger partial charge is 0.460 e. The lowest BCUT2D eigenvalue weighted by Gasteiger charge is -2.20. The summed E-state index contributed by atoms with van der Waals surface area (Å²) in [6.45, 7) is 3.85. The van der Waals surface area contributed by atoms with Crippen LogP contribution in [-0.2, 0) is 0 Å². The molecule has 2 aromatic carbocycles. The van der Waals surface area contributed by atoms with Crippen molar-refractivity contribution in [2.75, 3.05) is 6.54 Å². The summed E-state index contributed by atoms with van der Waals surface area (Å²) in [5, 5.41) is 13.9. The van der Waals surface area contributed by atoms with Gasteiger partial charge in [-0.1, -0.05) is 42.5 Å². The van der Waals surface area contributed by atoms with Crippen LogP contribution in [0, 0.1) is 6.92 Å². The molecule has 0 aliphatic carbocycles. The van der Waals surface area contributed by atoms with E-state index in [4.69, 9.17) is 4.42 Å². The molecule has 0 aliphatic rings. The van der Waals surface area contributed by atoms with Gasteiger partial charge in [-0.15, -0.1) is 0 Å². The van der Waals surface area contributed by atoms with Gasteiger partial charge in [-0.3, -0.25) is 9.59 Å². The average molecular weight is 365 g/mol. The number of carbonyl (C=O) groups excluding carboxylic acids is 1. The molecule has 2 atom stereocenters. The second-order valence-electron chi connectivity index (χ2n) is 6.63. The zero-order valence-electron chi connectivity index (χ0n) is 15.4. The van der Waals surface area contributed by atoms with E-state index < -0.39 is 6.10 Å². The zero-order valence-corrected chi connectivity index (χ0v) is 15.4. The van der Waals surface area contributed by atoms with Gasteiger partial charge in [-0.05, 0) is 31.5 Å². The van der Waals surface area contributed by atoms with Crippen molar-refractivity contribution >= 4 is 16.8 Å². The van der Waals surface area contributed by atoms with Crippen molar-refractivity contribution in [2.24, 2.45) is 0 Å². The van der Waals surface area contributed by atoms with E-state index in [1.807, 2.05) is 37.3 Å². The van der Waals surface area contributed by atoms with Gasteiger partial charge in [0.1, 0.15) is 16.9 Å². The van der Waals surface area contributed by atoms with Gasteiger partial charge in [0.2, 0.25) is 5.43 Å². The second kappa shape index (κ2) is 8.29. The fraction of sp³-hybridized carbons (Fsp3) is 0.273. The van der Waals surface area contributed by atoms with Crippen LogP contribution in [0.5, 0.6) is 0 Å². The first-order valence-corrected chi connectivity index (χ1v) is 9.01. The second-order valence-corrected chi connectivity index (χ2v) is 6.63. The van der Waals surface area contributed by atoms with Crippen molar-refractivity contribution in [3.8, 4) is 0 Å². The van der Waals surface area contributed by atoms with E-state index in [2.05, 4.69) is 5.32 Å². The Morgan fingerprint density at radius 3 is 2.52 bits per heavy atom. The quantitative estimate of drug-likeness (QED) is 0.628. The summed E-state index contributed by atoms with van der Waals surface area (Å²) in [6.07, 6.45) is -0.524. The van der Waals surface area contributed by atoms with E-state index in [0.29, 0.717) is 23.3 Å². The Hall–Kier alpha value is -2.76. The van der Waals surface area contributed by atoms with E-state index >= 15 is 0 Å². The van der Waals surface area contributed by atoms with E-state index in [-0.39, 0.29) is 29.2 Å². The number of benzene rings is 2. The van der Waals surface area contributed by atoms with Crippen molar-refractivity contribution in [1.82, 2.24) is 5.32 Å². The Balaban J connectivity index is 1.66. The molecule has 5 heteroatoms. The molecule has 2 N–H and O–H groups in total. The number of carbonyl (C=O) groups is 1. The number of nitrogens with one attached hydrogen (secondary N) is 1. The Bertz CT molecular complexity index is 994. The smallest absolute Gasteiger partial charge is 0.203 e. The van der Waals surface area contributed by atoms with Crippen LogP contribution in [0.3, 0.4) is 0 Å². The summed E-state index contributed by atoms with van der Waals surface area (Å²) in [5.41, 5.74) is 1.10. The minimum absolute atomic E-state index is 0.103. The third kappa shape index (κ3) is 4.15. The number of Topliss-reactive ketones (excluding diaryl/α,β-unsaturated/α-hetero) is 1. The molecular weight excluding hydrogens is 342 g/mol. The monoisotopic (exact) mass is 365 g/mol. The number of aliphatic hydroxyl groups is 1. The normalized spacial score (nSPS) is 13.4. The van der Waals surface area contributed by atoms with Crippen LogP contribution in [0.4, 0.5) is 0 Å². The third-order valence-electron chi connectivity index (χ3n) is 4.69. The first kappa shape index (κ1) is 19.0. The van der Waals surface area contributed by atoms with Gasteiger partial charge in [-0.25, -0.2) is 0 Å². The minimum Gasteiger partial charge on any atom is -0.460 e. The van der Waals surface area contributed by atoms with E-state index in [1.165, 1.54) is 0 Å². The molecule has 0 aliphatic heterocycles. The predicted octanol–water partition coefficient (Wildman–Crippen LogP) is 3.39. The van der Waals surface area contributed by atoms with Crippen molar-refractivity contribution < 1.29 is 14.3 Å². The highest BCUT2D eigenvalue weighted by molar-refractivity contribution is 5.99. The zero-order chi connectivity index (χ0) is 19.4. The van der Waals surface area contributed by atoms with Gasteiger partial charge in [0.25, 0.3) is 0 Å². The first-order valence-electron chi connectivity index (χ1n) is 9.01. The molecule has 0 spiro atoms. The van der Waals surface area contributed by atoms with E-state index in [9.17, 15) is 14.7 Å². The first-order chi connectivity index (χ1) is 13.0. The van der Waals surface area contributed by atoms with Crippen molar-refractivity contribution in [2.45, 2.75) is 32.4 Å². The molecule has 140 valence electrons. The molecule has 0 saturated carbocycles. The van der Waals surface area contributed by atoms with Crippen LogP contribution >= 0.6 is 0 Å². The van der Waals surface area contributed by atoms with E-state index in [0.717, 1.165) is 5.56 Å². The van der Waals surface area contributed by atoms with Crippen molar-refractivity contribution in [1.29, 1.82) is 0 Å². The SMILES string of the molecule is Cc1oc2ccccc2c(=O)c1C(=O)CCNC(C)C(O)c1ccccc1. The topological polar surface area (TPSA) is 79.5 Å². The molecule has 27 heavy (non-hydrogen) atoms. The Labute approximate surface area is 157 Å². The van der Waals surface area contributed by atoms with Gasteiger partial charge >= 0.3 is 0 Å². The van der Waals surface area contributed by atoms with E-state index in [1.54, 1.807) is 31.2 Å². The molecule has 0 bridgehead atoms. The Morgan fingerprint density at radius 1 is 1.11 bits per heavy atom. The summed E-state index contributed by atoms with van der Waals surface area (Å²) in [7, 11) is 0. The highest BCUT2D eigenvalue weighted by Crippen LogP contribution is 2.17. The lowest BCUT2D eigenvalue weighted by atomic mass is 10.0. The highest BCUT2D eigenvalue weighted by atomic mass is 16.3. The molecule has 2 unspecified atom stereocenters. The van der Waals surface area contributed by atoms with Crippen LogP contribution in [0.15, 0.2) is 63.8 Å². The van der Waals surface area contributed by atoms with Crippen LogP contribution in [0.2, 0.25) is 0 Å². The number of aliphatic hydroxyl groups excluding tert-OH is 1. The van der Waals surface area contributed by atoms with Gasteiger partial charge < -0.3 is 14.8 Å². The standard InChI is InChI=1S/C22H23NO4/c1-14(21(25)16-8-4-3-5-9-16)23-13-12-18(24)20-15(2)27-19-11-7-6-10-17(19)22(20)26/h3-11,14,21,23,25H,12-13H2,1-2H3. The lowest BCUT2D eigenvalue weighted by molar-refractivity contribution is 0.0968. The number of hydrogen-bond acceptors (Lipinski definition) is 5. The predicted molar refractivity (Wildman–Crippen MR) is 105 cm³/mol. The molecule has 0 radical (unpaired) electrons. The fourth-order valence-electron chi connectivity index (χ4n) is 3.17. The summed E-state index contributed by atoms with van der Waals surface area (Å²) >= 11 is 0. The number of aryl methyl sites for hydroxylation is 1. The summed E-state index contributed by atoms with van der Waals surface area (Å²) in [4.78, 5) is 25.2. The Kier molecular flexibility index (Phi) is 5.84. The highest BCUT2D eigenvalue weighted by Gasteiger charge is 2.20. The van der Waals surface area contributed by atoms with Crippen LogP contribution in [-0.4, -0.2) is 23.5 Å². The third-order valence-corrected chi connectivity index (χ3v) is 4.69. The summed E-state index contributed by atoms with van der Waals surface area (Å²) in [6, 6.07) is 16.0. The molecular formula is C22H23NO4. The number of fused-ring (bicyclic) bond motifs is 1. The minimum atomic E-state index is -0.672. The maximum absolute atomic E-state index is 12.6. The molecule has 1 aromatic heterocycles. The maximum atomic E-state index is 12.6. The fourth-order valence-corrected chi connectivity index (χ4v) is 3.17. The Morgan fingerprint density at radius 2 is 1.78 bits per heavy atom. The lowest BCUT2D eigenvalue weighted by Crippen LogP contribution is -2.34. The van der Waals surface area contributed by atoms with Crippen LogP contribution in [0.1, 0.15) is 41.1 Å². The molecule has 0 fully saturated rings. The number of para-hydroxylation sites is 1. The number of hydrogen-bond donors (Lipinski definition) is 2. The van der Waals surface area contributed by atoms with Gasteiger partial charge in [0.05, 0.1) is 11.5 Å². The molecule has 1 heterocycles. The maximum Gasteiger partial charge on any atom is 0.203 e. The number of rotatable bonds is 7. The average Bonchev–Trinajstić information content (AvgIpc) is 2.68. The molecule has 0 amide bonds. The molecule has 3 rings (SSSR count). The van der Waals surface area contributed by atoms with Gasteiger partial charge in [0.15, 0.2) is 5.78 Å². The summed E-state index contributed by atoms with van der Waals surface area (Å²) < 4.78 is 5.64.